The third kappa shape index (κ3) is 6.44. The van der Waals surface area contributed by atoms with Crippen molar-refractivity contribution in [2.75, 3.05) is 13.1 Å². The standard InChI is InChI=1S/C20H32N4.HI/c1-3-21-20(23-19-11-12-19)22-14-17-9-4-5-10-18(17)15-24-13-7-6-8-16(24)2;/h4-5,9-10,16,19H,3,6-8,11-15H2,1-2H3,(H2,21,22,23);1H. The highest BCUT2D eigenvalue weighted by Crippen LogP contribution is 2.21. The van der Waals surface area contributed by atoms with Gasteiger partial charge in [0.15, 0.2) is 5.96 Å². The molecule has 25 heavy (non-hydrogen) atoms. The molecule has 0 amide bonds. The number of aliphatic imine (C=N–C) groups is 1. The second kappa shape index (κ2) is 10.4. The zero-order chi connectivity index (χ0) is 16.8. The number of halogens is 1. The van der Waals surface area contributed by atoms with Gasteiger partial charge >= 0.3 is 0 Å². The summed E-state index contributed by atoms with van der Waals surface area (Å²) in [6, 6.07) is 10.1. The van der Waals surface area contributed by atoms with Crippen molar-refractivity contribution in [1.82, 2.24) is 15.5 Å². The molecule has 1 atom stereocenters. The van der Waals surface area contributed by atoms with Crippen molar-refractivity contribution in [3.63, 3.8) is 0 Å². The third-order valence-corrected chi connectivity index (χ3v) is 5.10. The molecule has 0 spiro atoms. The van der Waals surface area contributed by atoms with Gasteiger partial charge < -0.3 is 10.6 Å². The number of benzene rings is 1. The van der Waals surface area contributed by atoms with Gasteiger partial charge in [0.2, 0.25) is 0 Å². The van der Waals surface area contributed by atoms with Crippen LogP contribution in [0.1, 0.15) is 57.1 Å². The second-order valence-electron chi connectivity index (χ2n) is 7.20. The molecule has 1 heterocycles. The lowest BCUT2D eigenvalue weighted by Crippen LogP contribution is -2.38. The van der Waals surface area contributed by atoms with E-state index in [-0.39, 0.29) is 24.0 Å². The molecule has 4 nitrogen and oxygen atoms in total. The molecule has 0 aromatic heterocycles. The number of nitrogens with zero attached hydrogens (tertiary/aromatic N) is 2. The van der Waals surface area contributed by atoms with Crippen molar-refractivity contribution in [2.24, 2.45) is 4.99 Å². The zero-order valence-corrected chi connectivity index (χ0v) is 18.0. The summed E-state index contributed by atoms with van der Waals surface area (Å²) < 4.78 is 0. The highest BCUT2D eigenvalue weighted by Gasteiger charge is 2.22. The molecule has 1 aliphatic carbocycles. The summed E-state index contributed by atoms with van der Waals surface area (Å²) in [6.45, 7) is 8.43. The normalized spacial score (nSPS) is 21.5. The lowest BCUT2D eigenvalue weighted by atomic mass is 10.0. The van der Waals surface area contributed by atoms with E-state index in [4.69, 9.17) is 4.99 Å². The van der Waals surface area contributed by atoms with Gasteiger partial charge in [-0.15, -0.1) is 24.0 Å². The van der Waals surface area contributed by atoms with Crippen LogP contribution in [0.3, 0.4) is 0 Å². The second-order valence-corrected chi connectivity index (χ2v) is 7.20. The SMILES string of the molecule is CCNC(=NCc1ccccc1CN1CCCCC1C)NC1CC1.I. The Labute approximate surface area is 169 Å². The van der Waals surface area contributed by atoms with E-state index in [2.05, 4.69) is 53.6 Å². The van der Waals surface area contributed by atoms with Crippen LogP contribution in [0.25, 0.3) is 0 Å². The summed E-state index contributed by atoms with van der Waals surface area (Å²) in [5.41, 5.74) is 2.78. The minimum absolute atomic E-state index is 0. The minimum atomic E-state index is 0. The monoisotopic (exact) mass is 456 g/mol. The predicted octanol–water partition coefficient (Wildman–Crippen LogP) is 3.90. The van der Waals surface area contributed by atoms with E-state index in [0.29, 0.717) is 12.1 Å². The van der Waals surface area contributed by atoms with Crippen molar-refractivity contribution in [1.29, 1.82) is 0 Å². The molecule has 2 aliphatic rings. The molecule has 5 heteroatoms. The van der Waals surface area contributed by atoms with E-state index in [9.17, 15) is 0 Å². The molecule has 1 aromatic rings. The van der Waals surface area contributed by atoms with Gasteiger partial charge in [-0.3, -0.25) is 4.90 Å². The number of piperidine rings is 1. The summed E-state index contributed by atoms with van der Waals surface area (Å²) in [7, 11) is 0. The predicted molar refractivity (Wildman–Crippen MR) is 117 cm³/mol. The topological polar surface area (TPSA) is 39.7 Å². The van der Waals surface area contributed by atoms with Crippen LogP contribution < -0.4 is 10.6 Å². The highest BCUT2D eigenvalue weighted by atomic mass is 127. The molecule has 3 rings (SSSR count). The Hall–Kier alpha value is -0.820. The van der Waals surface area contributed by atoms with Crippen LogP contribution >= 0.6 is 24.0 Å². The third-order valence-electron chi connectivity index (χ3n) is 5.10. The maximum Gasteiger partial charge on any atom is 0.191 e. The van der Waals surface area contributed by atoms with E-state index < -0.39 is 0 Å². The summed E-state index contributed by atoms with van der Waals surface area (Å²) in [6.07, 6.45) is 6.58. The van der Waals surface area contributed by atoms with Crippen molar-refractivity contribution in [2.45, 2.75) is 71.1 Å². The number of hydrogen-bond donors (Lipinski definition) is 2. The van der Waals surface area contributed by atoms with Crippen LogP contribution in [0.15, 0.2) is 29.3 Å². The van der Waals surface area contributed by atoms with Gasteiger partial charge in [0.1, 0.15) is 0 Å². The van der Waals surface area contributed by atoms with Crippen molar-refractivity contribution in [3.8, 4) is 0 Å². The fourth-order valence-electron chi connectivity index (χ4n) is 3.38. The van der Waals surface area contributed by atoms with E-state index in [1.54, 1.807) is 0 Å². The van der Waals surface area contributed by atoms with Gasteiger partial charge in [-0.2, -0.15) is 0 Å². The van der Waals surface area contributed by atoms with E-state index in [1.165, 1.54) is 49.8 Å². The molecule has 140 valence electrons. The van der Waals surface area contributed by atoms with Crippen LogP contribution in [0, 0.1) is 0 Å². The first-order valence-electron chi connectivity index (χ1n) is 9.62. The van der Waals surface area contributed by atoms with Crippen LogP contribution in [-0.4, -0.2) is 36.0 Å². The average molecular weight is 456 g/mol. The Balaban J connectivity index is 0.00000225. The van der Waals surface area contributed by atoms with E-state index >= 15 is 0 Å². The molecular formula is C20H33IN4. The van der Waals surface area contributed by atoms with Crippen LogP contribution in [0.4, 0.5) is 0 Å². The molecule has 1 aliphatic heterocycles. The fourth-order valence-corrected chi connectivity index (χ4v) is 3.38. The number of hydrogen-bond acceptors (Lipinski definition) is 2. The Morgan fingerprint density at radius 1 is 1.16 bits per heavy atom. The maximum absolute atomic E-state index is 4.81. The van der Waals surface area contributed by atoms with Crippen LogP contribution in [0.2, 0.25) is 0 Å². The first-order valence-corrected chi connectivity index (χ1v) is 9.62. The summed E-state index contributed by atoms with van der Waals surface area (Å²) >= 11 is 0. The van der Waals surface area contributed by atoms with Gasteiger partial charge in [-0.25, -0.2) is 4.99 Å². The quantitative estimate of drug-likeness (QED) is 0.388. The molecule has 1 unspecified atom stereocenters. The molecule has 1 saturated carbocycles. The van der Waals surface area contributed by atoms with Gasteiger partial charge in [-0.05, 0) is 57.2 Å². The lowest BCUT2D eigenvalue weighted by Gasteiger charge is -2.33. The minimum Gasteiger partial charge on any atom is -0.357 e. The zero-order valence-electron chi connectivity index (χ0n) is 15.6. The Morgan fingerprint density at radius 2 is 1.92 bits per heavy atom. The molecule has 0 bridgehead atoms. The van der Waals surface area contributed by atoms with Crippen molar-refractivity contribution in [3.05, 3.63) is 35.4 Å². The molecule has 1 aromatic carbocycles. The molecule has 2 fully saturated rings. The van der Waals surface area contributed by atoms with Crippen molar-refractivity contribution < 1.29 is 0 Å². The van der Waals surface area contributed by atoms with Gasteiger partial charge in [0.05, 0.1) is 6.54 Å². The van der Waals surface area contributed by atoms with Crippen molar-refractivity contribution >= 4 is 29.9 Å². The maximum atomic E-state index is 4.81. The van der Waals surface area contributed by atoms with E-state index in [1.807, 2.05) is 0 Å². The Bertz CT molecular complexity index is 556. The molecule has 1 saturated heterocycles. The van der Waals surface area contributed by atoms with Crippen LogP contribution in [0.5, 0.6) is 0 Å². The summed E-state index contributed by atoms with van der Waals surface area (Å²) in [4.78, 5) is 7.44. The summed E-state index contributed by atoms with van der Waals surface area (Å²) in [5.74, 6) is 0.959. The first kappa shape index (κ1) is 20.5. The molecule has 0 radical (unpaired) electrons. The largest absolute Gasteiger partial charge is 0.357 e. The van der Waals surface area contributed by atoms with E-state index in [0.717, 1.165) is 25.6 Å². The van der Waals surface area contributed by atoms with Gasteiger partial charge in [0.25, 0.3) is 0 Å². The number of nitrogens with one attached hydrogen (secondary N) is 2. The molecule has 2 N–H and O–H groups in total. The van der Waals surface area contributed by atoms with Gasteiger partial charge in [-0.1, -0.05) is 30.7 Å². The van der Waals surface area contributed by atoms with Crippen LogP contribution in [-0.2, 0) is 13.1 Å². The lowest BCUT2D eigenvalue weighted by molar-refractivity contribution is 0.152. The number of likely N-dealkylation sites (tertiary alicyclic amines) is 1. The molecular weight excluding hydrogens is 423 g/mol. The summed E-state index contributed by atoms with van der Waals surface area (Å²) in [5, 5.41) is 6.86. The fraction of sp³-hybridized carbons (Fsp3) is 0.650. The highest BCUT2D eigenvalue weighted by molar-refractivity contribution is 14.0. The first-order chi connectivity index (χ1) is 11.8. The van der Waals surface area contributed by atoms with Gasteiger partial charge in [0, 0.05) is 25.2 Å². The number of rotatable bonds is 6. The Morgan fingerprint density at radius 3 is 2.60 bits per heavy atom. The Kier molecular flexibility index (Phi) is 8.49. The average Bonchev–Trinajstić information content (AvgIpc) is 3.40. The number of guanidine groups is 1. The smallest absolute Gasteiger partial charge is 0.191 e.